The Morgan fingerprint density at radius 2 is 1.89 bits per heavy atom. The van der Waals surface area contributed by atoms with Gasteiger partial charge in [0.05, 0.1) is 13.2 Å². The molecule has 0 saturated carbocycles. The number of ether oxygens (including phenoxy) is 1. The number of nitrogens with zero attached hydrogens (tertiary/aromatic N) is 1. The van der Waals surface area contributed by atoms with E-state index in [9.17, 15) is 0 Å². The third-order valence-electron chi connectivity index (χ3n) is 3.44. The number of hydrogen-bond donors (Lipinski definition) is 1. The topological polar surface area (TPSA) is 24.5 Å². The van der Waals surface area contributed by atoms with Crippen molar-refractivity contribution in [3.8, 4) is 0 Å². The van der Waals surface area contributed by atoms with Crippen LogP contribution in [0.15, 0.2) is 18.2 Å². The zero-order valence-corrected chi connectivity index (χ0v) is 12.6. The van der Waals surface area contributed by atoms with E-state index < -0.39 is 0 Å². The molecular weight excluding hydrogens is 236 g/mol. The molecule has 3 nitrogen and oxygen atoms in total. The van der Waals surface area contributed by atoms with Crippen LogP contribution in [-0.2, 0) is 11.3 Å². The Labute approximate surface area is 116 Å². The molecule has 1 fully saturated rings. The monoisotopic (exact) mass is 262 g/mol. The van der Waals surface area contributed by atoms with E-state index in [1.807, 2.05) is 0 Å². The first kappa shape index (κ1) is 14.4. The lowest BCUT2D eigenvalue weighted by molar-refractivity contribution is 0.122. The normalized spacial score (nSPS) is 16.7. The molecule has 0 bridgehead atoms. The van der Waals surface area contributed by atoms with Gasteiger partial charge >= 0.3 is 0 Å². The van der Waals surface area contributed by atoms with Crippen LogP contribution in [-0.4, -0.2) is 31.8 Å². The predicted octanol–water partition coefficient (Wildman–Crippen LogP) is 2.72. The molecule has 1 aromatic rings. The molecule has 1 aromatic carbocycles. The van der Waals surface area contributed by atoms with E-state index in [0.717, 1.165) is 32.8 Å². The van der Waals surface area contributed by atoms with Crippen molar-refractivity contribution in [3.63, 3.8) is 0 Å². The van der Waals surface area contributed by atoms with Crippen LogP contribution in [0.25, 0.3) is 0 Å². The first-order chi connectivity index (χ1) is 8.96. The Balaban J connectivity index is 2.04. The Bertz CT molecular complexity index is 417. The van der Waals surface area contributed by atoms with Gasteiger partial charge in [-0.1, -0.05) is 12.1 Å². The molecule has 0 atom stereocenters. The van der Waals surface area contributed by atoms with Gasteiger partial charge in [-0.15, -0.1) is 0 Å². The lowest BCUT2D eigenvalue weighted by atomic mass is 10.1. The second-order valence-corrected chi connectivity index (χ2v) is 6.32. The number of rotatable bonds is 3. The predicted molar refractivity (Wildman–Crippen MR) is 80.8 cm³/mol. The Morgan fingerprint density at radius 3 is 2.47 bits per heavy atom. The van der Waals surface area contributed by atoms with Crippen LogP contribution in [0, 0.1) is 6.92 Å². The first-order valence-corrected chi connectivity index (χ1v) is 7.13. The molecule has 0 aliphatic carbocycles. The Morgan fingerprint density at radius 1 is 1.21 bits per heavy atom. The average Bonchev–Trinajstić information content (AvgIpc) is 2.37. The highest BCUT2D eigenvalue weighted by molar-refractivity contribution is 5.54. The van der Waals surface area contributed by atoms with Gasteiger partial charge in [-0.05, 0) is 44.9 Å². The van der Waals surface area contributed by atoms with E-state index in [4.69, 9.17) is 4.74 Å². The Kier molecular flexibility index (Phi) is 4.48. The summed E-state index contributed by atoms with van der Waals surface area (Å²) in [5.74, 6) is 0. The molecule has 3 heteroatoms. The van der Waals surface area contributed by atoms with Crippen molar-refractivity contribution in [2.45, 2.75) is 39.8 Å². The second-order valence-electron chi connectivity index (χ2n) is 6.32. The number of morpholine rings is 1. The van der Waals surface area contributed by atoms with Gasteiger partial charge in [0.25, 0.3) is 0 Å². The summed E-state index contributed by atoms with van der Waals surface area (Å²) >= 11 is 0. The minimum absolute atomic E-state index is 0.163. The largest absolute Gasteiger partial charge is 0.378 e. The van der Waals surface area contributed by atoms with E-state index in [0.29, 0.717) is 0 Å². The van der Waals surface area contributed by atoms with Crippen LogP contribution >= 0.6 is 0 Å². The summed E-state index contributed by atoms with van der Waals surface area (Å²) < 4.78 is 5.41. The zero-order chi connectivity index (χ0) is 13.9. The summed E-state index contributed by atoms with van der Waals surface area (Å²) in [6.45, 7) is 13.4. The van der Waals surface area contributed by atoms with Crippen LogP contribution in [0.5, 0.6) is 0 Å². The van der Waals surface area contributed by atoms with Gasteiger partial charge < -0.3 is 15.0 Å². The van der Waals surface area contributed by atoms with Crippen molar-refractivity contribution in [2.75, 3.05) is 31.2 Å². The van der Waals surface area contributed by atoms with Crippen LogP contribution in [0.3, 0.4) is 0 Å². The van der Waals surface area contributed by atoms with Crippen LogP contribution < -0.4 is 10.2 Å². The third kappa shape index (κ3) is 4.22. The van der Waals surface area contributed by atoms with Crippen molar-refractivity contribution in [1.82, 2.24) is 5.32 Å². The summed E-state index contributed by atoms with van der Waals surface area (Å²) in [6, 6.07) is 6.78. The maximum atomic E-state index is 5.41. The minimum atomic E-state index is 0.163. The number of anilines is 1. The molecule has 1 N–H and O–H groups in total. The van der Waals surface area contributed by atoms with Gasteiger partial charge in [0.2, 0.25) is 0 Å². The van der Waals surface area contributed by atoms with Gasteiger partial charge in [-0.25, -0.2) is 0 Å². The molecule has 2 rings (SSSR count). The molecule has 1 heterocycles. The van der Waals surface area contributed by atoms with E-state index in [1.54, 1.807) is 0 Å². The molecule has 0 unspecified atom stereocenters. The van der Waals surface area contributed by atoms with Gasteiger partial charge in [-0.2, -0.15) is 0 Å². The van der Waals surface area contributed by atoms with Crippen LogP contribution in [0.2, 0.25) is 0 Å². The third-order valence-corrected chi connectivity index (χ3v) is 3.44. The average molecular weight is 262 g/mol. The molecule has 0 aromatic heterocycles. The van der Waals surface area contributed by atoms with E-state index in [-0.39, 0.29) is 5.54 Å². The number of aryl methyl sites for hydroxylation is 1. The maximum Gasteiger partial charge on any atom is 0.0642 e. The van der Waals surface area contributed by atoms with Gasteiger partial charge in [-0.3, -0.25) is 0 Å². The molecule has 19 heavy (non-hydrogen) atoms. The molecule has 0 amide bonds. The van der Waals surface area contributed by atoms with Crippen molar-refractivity contribution in [1.29, 1.82) is 0 Å². The highest BCUT2D eigenvalue weighted by Gasteiger charge is 2.14. The van der Waals surface area contributed by atoms with Crippen molar-refractivity contribution in [3.05, 3.63) is 29.3 Å². The summed E-state index contributed by atoms with van der Waals surface area (Å²) in [6.07, 6.45) is 0. The number of hydrogen-bond acceptors (Lipinski definition) is 3. The van der Waals surface area contributed by atoms with Crippen molar-refractivity contribution in [2.24, 2.45) is 0 Å². The molecule has 1 aliphatic rings. The Hall–Kier alpha value is -1.06. The summed E-state index contributed by atoms with van der Waals surface area (Å²) in [4.78, 5) is 2.42. The maximum absolute atomic E-state index is 5.41. The quantitative estimate of drug-likeness (QED) is 0.906. The minimum Gasteiger partial charge on any atom is -0.378 e. The number of benzene rings is 1. The van der Waals surface area contributed by atoms with E-state index in [2.05, 4.69) is 56.1 Å². The number of nitrogens with one attached hydrogen (secondary N) is 1. The summed E-state index contributed by atoms with van der Waals surface area (Å²) in [5.41, 5.74) is 4.22. The second kappa shape index (κ2) is 5.93. The molecule has 0 radical (unpaired) electrons. The standard InChI is InChI=1S/C16H26N2O/c1-13-11-14(12-17-16(2,3)4)5-6-15(13)18-7-9-19-10-8-18/h5-6,11,17H,7-10,12H2,1-4H3. The highest BCUT2D eigenvalue weighted by Crippen LogP contribution is 2.22. The van der Waals surface area contributed by atoms with E-state index in [1.165, 1.54) is 16.8 Å². The molecule has 106 valence electrons. The fraction of sp³-hybridized carbons (Fsp3) is 0.625. The van der Waals surface area contributed by atoms with Crippen LogP contribution in [0.1, 0.15) is 31.9 Å². The molecule has 1 aliphatic heterocycles. The highest BCUT2D eigenvalue weighted by atomic mass is 16.5. The zero-order valence-electron chi connectivity index (χ0n) is 12.6. The summed E-state index contributed by atoms with van der Waals surface area (Å²) in [5, 5.41) is 3.53. The molecule has 1 saturated heterocycles. The first-order valence-electron chi connectivity index (χ1n) is 7.13. The van der Waals surface area contributed by atoms with Gasteiger partial charge in [0.1, 0.15) is 0 Å². The molecule has 0 spiro atoms. The van der Waals surface area contributed by atoms with E-state index >= 15 is 0 Å². The van der Waals surface area contributed by atoms with Crippen LogP contribution in [0.4, 0.5) is 5.69 Å². The fourth-order valence-corrected chi connectivity index (χ4v) is 2.35. The lowest BCUT2D eigenvalue weighted by Gasteiger charge is -2.30. The van der Waals surface area contributed by atoms with Crippen molar-refractivity contribution < 1.29 is 4.74 Å². The van der Waals surface area contributed by atoms with Gasteiger partial charge in [0, 0.05) is 30.9 Å². The summed E-state index contributed by atoms with van der Waals surface area (Å²) in [7, 11) is 0. The SMILES string of the molecule is Cc1cc(CNC(C)(C)C)ccc1N1CCOCC1. The molecular formula is C16H26N2O. The van der Waals surface area contributed by atoms with Crippen molar-refractivity contribution >= 4 is 5.69 Å². The van der Waals surface area contributed by atoms with Gasteiger partial charge in [0.15, 0.2) is 0 Å². The smallest absolute Gasteiger partial charge is 0.0642 e. The lowest BCUT2D eigenvalue weighted by Crippen LogP contribution is -2.37. The fourth-order valence-electron chi connectivity index (χ4n) is 2.35.